The molecule has 1 aromatic heterocycles. The third-order valence-electron chi connectivity index (χ3n) is 2.57. The number of hydrogen-bond acceptors (Lipinski definition) is 3. The van der Waals surface area contributed by atoms with E-state index in [9.17, 15) is 4.79 Å². The maximum Gasteiger partial charge on any atom is 0.248 e. The molecule has 0 atom stereocenters. The normalized spacial score (nSPS) is 16.2. The number of imidazole rings is 1. The van der Waals surface area contributed by atoms with E-state index < -0.39 is 0 Å². The molecule has 0 spiro atoms. The van der Waals surface area contributed by atoms with Crippen LogP contribution in [0.4, 0.5) is 0 Å². The van der Waals surface area contributed by atoms with Crippen LogP contribution in [0.2, 0.25) is 0 Å². The molecule has 1 aliphatic heterocycles. The van der Waals surface area contributed by atoms with Crippen LogP contribution >= 0.6 is 0 Å². The van der Waals surface area contributed by atoms with Crippen LogP contribution in [0, 0.1) is 0 Å². The van der Waals surface area contributed by atoms with Gasteiger partial charge in [-0.3, -0.25) is 9.63 Å². The molecule has 16 heavy (non-hydrogen) atoms. The van der Waals surface area contributed by atoms with Crippen LogP contribution in [0.25, 0.3) is 11.0 Å². The largest absolute Gasteiger partial charge is 0.340 e. The molecule has 0 aliphatic carbocycles. The van der Waals surface area contributed by atoms with E-state index in [-0.39, 0.29) is 5.91 Å². The molecule has 2 heterocycles. The van der Waals surface area contributed by atoms with Crippen LogP contribution in [0.3, 0.4) is 0 Å². The Bertz CT molecular complexity index is 502. The zero-order chi connectivity index (χ0) is 11.0. The first-order valence-electron chi connectivity index (χ1n) is 5.20. The van der Waals surface area contributed by atoms with Crippen molar-refractivity contribution in [1.29, 1.82) is 0 Å². The van der Waals surface area contributed by atoms with Crippen molar-refractivity contribution in [3.63, 3.8) is 0 Å². The predicted molar refractivity (Wildman–Crippen MR) is 57.2 cm³/mol. The lowest BCUT2D eigenvalue weighted by Gasteiger charge is -2.11. The summed E-state index contributed by atoms with van der Waals surface area (Å²) in [6.45, 7) is 0.854. The average molecular weight is 217 g/mol. The Morgan fingerprint density at radius 3 is 3.06 bits per heavy atom. The molecule has 3 rings (SSSR count). The minimum atomic E-state index is 0.0143. The van der Waals surface area contributed by atoms with Crippen LogP contribution in [-0.2, 0) is 16.2 Å². The van der Waals surface area contributed by atoms with Gasteiger partial charge in [0.2, 0.25) is 5.91 Å². The summed E-state index contributed by atoms with van der Waals surface area (Å²) in [5.74, 6) is 0.761. The predicted octanol–water partition coefficient (Wildman–Crippen LogP) is 1.23. The van der Waals surface area contributed by atoms with Gasteiger partial charge in [-0.05, 0) is 12.1 Å². The maximum absolute atomic E-state index is 11.4. The third kappa shape index (κ3) is 1.55. The number of hydrogen-bond donors (Lipinski definition) is 1. The van der Waals surface area contributed by atoms with Crippen molar-refractivity contribution in [3.05, 3.63) is 30.1 Å². The molecule has 5 heteroatoms. The summed E-state index contributed by atoms with van der Waals surface area (Å²) in [6, 6.07) is 7.77. The van der Waals surface area contributed by atoms with Crippen LogP contribution in [-0.4, -0.2) is 27.5 Å². The fourth-order valence-corrected chi connectivity index (χ4v) is 1.79. The van der Waals surface area contributed by atoms with E-state index >= 15 is 0 Å². The number of amides is 1. The highest BCUT2D eigenvalue weighted by atomic mass is 16.7. The smallest absolute Gasteiger partial charge is 0.248 e. The van der Waals surface area contributed by atoms with Gasteiger partial charge in [-0.15, -0.1) is 0 Å². The molecular weight excluding hydrogens is 206 g/mol. The Morgan fingerprint density at radius 2 is 2.31 bits per heavy atom. The molecule has 1 fully saturated rings. The van der Waals surface area contributed by atoms with Gasteiger partial charge >= 0.3 is 0 Å². The third-order valence-corrected chi connectivity index (χ3v) is 2.57. The Morgan fingerprint density at radius 1 is 1.44 bits per heavy atom. The fraction of sp³-hybridized carbons (Fsp3) is 0.273. The number of fused-ring (bicyclic) bond motifs is 1. The van der Waals surface area contributed by atoms with E-state index in [1.165, 1.54) is 5.06 Å². The number of hydroxylamine groups is 2. The van der Waals surface area contributed by atoms with E-state index in [4.69, 9.17) is 4.84 Å². The first-order chi connectivity index (χ1) is 7.83. The zero-order valence-corrected chi connectivity index (χ0v) is 8.64. The van der Waals surface area contributed by atoms with Crippen LogP contribution < -0.4 is 0 Å². The van der Waals surface area contributed by atoms with Crippen molar-refractivity contribution in [2.24, 2.45) is 0 Å². The summed E-state index contributed by atoms with van der Waals surface area (Å²) in [6.07, 6.45) is 0.459. The lowest BCUT2D eigenvalue weighted by Crippen LogP contribution is -2.23. The summed E-state index contributed by atoms with van der Waals surface area (Å²) >= 11 is 0. The van der Waals surface area contributed by atoms with Crippen molar-refractivity contribution in [2.75, 3.05) is 6.61 Å². The second-order valence-corrected chi connectivity index (χ2v) is 3.71. The summed E-state index contributed by atoms with van der Waals surface area (Å²) in [7, 11) is 0. The SMILES string of the molecule is O=C1CCON1Cc1nc2ccccc2[nH]1. The van der Waals surface area contributed by atoms with E-state index in [0.29, 0.717) is 19.6 Å². The van der Waals surface area contributed by atoms with E-state index in [2.05, 4.69) is 9.97 Å². The summed E-state index contributed by atoms with van der Waals surface area (Å²) < 4.78 is 0. The molecule has 1 aromatic carbocycles. The minimum absolute atomic E-state index is 0.0143. The van der Waals surface area contributed by atoms with Gasteiger partial charge in [0.25, 0.3) is 0 Å². The highest BCUT2D eigenvalue weighted by Gasteiger charge is 2.22. The summed E-state index contributed by atoms with van der Waals surface area (Å²) in [4.78, 5) is 24.1. The van der Waals surface area contributed by atoms with Crippen molar-refractivity contribution in [3.8, 4) is 0 Å². The number of carbonyl (C=O) groups excluding carboxylic acids is 1. The molecule has 1 aliphatic rings. The second kappa shape index (κ2) is 3.61. The molecule has 0 radical (unpaired) electrons. The topological polar surface area (TPSA) is 58.2 Å². The number of aromatic nitrogens is 2. The van der Waals surface area contributed by atoms with Gasteiger partial charge in [-0.25, -0.2) is 10.0 Å². The van der Waals surface area contributed by atoms with Crippen molar-refractivity contribution in [2.45, 2.75) is 13.0 Å². The standard InChI is InChI=1S/C11H11N3O2/c15-11-5-6-16-14(11)7-10-12-8-3-1-2-4-9(8)13-10/h1-4H,5-7H2,(H,12,13). The van der Waals surface area contributed by atoms with E-state index in [1.807, 2.05) is 24.3 Å². The molecule has 0 unspecified atom stereocenters. The maximum atomic E-state index is 11.4. The molecule has 1 N–H and O–H groups in total. The van der Waals surface area contributed by atoms with Crippen molar-refractivity contribution < 1.29 is 9.63 Å². The number of rotatable bonds is 2. The fourth-order valence-electron chi connectivity index (χ4n) is 1.79. The van der Waals surface area contributed by atoms with E-state index in [0.717, 1.165) is 16.9 Å². The van der Waals surface area contributed by atoms with Gasteiger partial charge in [0, 0.05) is 0 Å². The Balaban J connectivity index is 1.86. The van der Waals surface area contributed by atoms with Gasteiger partial charge in [-0.1, -0.05) is 12.1 Å². The number of carbonyl (C=O) groups is 1. The highest BCUT2D eigenvalue weighted by molar-refractivity contribution is 5.77. The molecule has 82 valence electrons. The Kier molecular flexibility index (Phi) is 2.11. The second-order valence-electron chi connectivity index (χ2n) is 3.71. The van der Waals surface area contributed by atoms with Gasteiger partial charge in [0.15, 0.2) is 0 Å². The molecule has 5 nitrogen and oxygen atoms in total. The molecule has 1 amide bonds. The molecule has 0 bridgehead atoms. The highest BCUT2D eigenvalue weighted by Crippen LogP contribution is 2.14. The molecule has 0 saturated carbocycles. The van der Waals surface area contributed by atoms with Gasteiger partial charge in [0.1, 0.15) is 12.4 Å². The number of H-pyrrole nitrogens is 1. The van der Waals surface area contributed by atoms with Gasteiger partial charge in [0.05, 0.1) is 24.1 Å². The van der Waals surface area contributed by atoms with Crippen LogP contribution in [0.15, 0.2) is 24.3 Å². The van der Waals surface area contributed by atoms with Gasteiger partial charge in [-0.2, -0.15) is 0 Å². The number of nitrogens with zero attached hydrogens (tertiary/aromatic N) is 2. The number of benzene rings is 1. The number of para-hydroxylation sites is 2. The quantitative estimate of drug-likeness (QED) is 0.823. The Labute approximate surface area is 92.0 Å². The summed E-state index contributed by atoms with van der Waals surface area (Å²) in [5, 5.41) is 1.36. The van der Waals surface area contributed by atoms with Gasteiger partial charge < -0.3 is 4.98 Å². The van der Waals surface area contributed by atoms with E-state index in [1.54, 1.807) is 0 Å². The van der Waals surface area contributed by atoms with Crippen LogP contribution in [0.5, 0.6) is 0 Å². The first-order valence-corrected chi connectivity index (χ1v) is 5.20. The molecule has 1 saturated heterocycles. The lowest BCUT2D eigenvalue weighted by atomic mass is 10.3. The molecule has 2 aromatic rings. The number of nitrogens with one attached hydrogen (secondary N) is 1. The Hall–Kier alpha value is -1.88. The molecular formula is C11H11N3O2. The lowest BCUT2D eigenvalue weighted by molar-refractivity contribution is -0.165. The van der Waals surface area contributed by atoms with Crippen LogP contribution in [0.1, 0.15) is 12.2 Å². The average Bonchev–Trinajstić information content (AvgIpc) is 2.85. The zero-order valence-electron chi connectivity index (χ0n) is 8.64. The first kappa shape index (κ1) is 9.35. The number of aromatic amines is 1. The monoisotopic (exact) mass is 217 g/mol. The summed E-state index contributed by atoms with van der Waals surface area (Å²) in [5.41, 5.74) is 1.88. The van der Waals surface area contributed by atoms with Crippen molar-refractivity contribution >= 4 is 16.9 Å². The van der Waals surface area contributed by atoms with Crippen molar-refractivity contribution in [1.82, 2.24) is 15.0 Å². The minimum Gasteiger partial charge on any atom is -0.340 e.